The Kier molecular flexibility index (Phi) is 4.49. The number of halogens is 1. The first-order chi connectivity index (χ1) is 16.6. The molecule has 7 heteroatoms. The normalized spacial score (nSPS) is 21.5. The molecule has 2 aromatic carbocycles. The van der Waals surface area contributed by atoms with Gasteiger partial charge in [-0.25, -0.2) is 9.38 Å². The summed E-state index contributed by atoms with van der Waals surface area (Å²) in [5.74, 6) is 0.199. The summed E-state index contributed by atoms with van der Waals surface area (Å²) in [6, 6.07) is 19.4. The minimum absolute atomic E-state index is 0.0659. The van der Waals surface area contributed by atoms with Crippen molar-refractivity contribution < 1.29 is 13.6 Å². The van der Waals surface area contributed by atoms with Gasteiger partial charge in [-0.05, 0) is 48.4 Å². The number of nitrogens with zero attached hydrogens (tertiary/aromatic N) is 3. The monoisotopic (exact) mass is 450 g/mol. The molecule has 3 aliphatic rings. The number of anilines is 1. The highest BCUT2D eigenvalue weighted by Crippen LogP contribution is 2.51. The zero-order chi connectivity index (χ0) is 23.4. The average Bonchev–Trinajstić information content (AvgIpc) is 3.39. The molecule has 0 saturated carbocycles. The van der Waals surface area contributed by atoms with Gasteiger partial charge in [-0.15, -0.1) is 0 Å². The van der Waals surface area contributed by atoms with Crippen LogP contribution in [0.25, 0.3) is 0 Å². The Hall–Kier alpha value is -4.44. The van der Waals surface area contributed by atoms with Gasteiger partial charge in [-0.1, -0.05) is 24.3 Å². The van der Waals surface area contributed by atoms with Crippen LogP contribution >= 0.6 is 0 Å². The lowest BCUT2D eigenvalue weighted by Gasteiger charge is -2.43. The highest BCUT2D eigenvalue weighted by atomic mass is 19.1. The van der Waals surface area contributed by atoms with Gasteiger partial charge in [0.05, 0.1) is 29.5 Å². The Balaban J connectivity index is 1.62. The van der Waals surface area contributed by atoms with Gasteiger partial charge < -0.3 is 10.2 Å². The van der Waals surface area contributed by atoms with Gasteiger partial charge in [0.1, 0.15) is 17.4 Å². The molecule has 2 aliphatic heterocycles. The standard InChI is InChI=1S/C27H19FN4O2/c28-17-9-7-15(8-10-17)24-19(14-29)27-31-26(30)18-4-1-2-5-20(18)32(27)21-12-16(13-22(33)25(21)24)23-6-3-11-34-23/h1-11,16,24H,12-13H2,(H2,30,31). The second-order valence-corrected chi connectivity index (χ2v) is 8.59. The third-order valence-electron chi connectivity index (χ3n) is 6.70. The molecular formula is C27H19FN4O2. The number of para-hydroxylation sites is 1. The van der Waals surface area contributed by atoms with Crippen molar-refractivity contribution in [3.63, 3.8) is 0 Å². The lowest BCUT2D eigenvalue weighted by atomic mass is 9.72. The first-order valence-electron chi connectivity index (χ1n) is 11.0. The number of nitrogens with two attached hydrogens (primary N) is 1. The van der Waals surface area contributed by atoms with Crippen molar-refractivity contribution in [3.8, 4) is 6.07 Å². The Labute approximate surface area is 195 Å². The molecule has 1 aliphatic carbocycles. The summed E-state index contributed by atoms with van der Waals surface area (Å²) in [7, 11) is 0. The fraction of sp³-hybridized carbons (Fsp3) is 0.148. The van der Waals surface area contributed by atoms with Crippen LogP contribution in [0.3, 0.4) is 0 Å². The number of benzene rings is 2. The van der Waals surface area contributed by atoms with E-state index in [1.807, 2.05) is 41.3 Å². The molecule has 0 bridgehead atoms. The number of amidine groups is 1. The minimum Gasteiger partial charge on any atom is -0.469 e. The van der Waals surface area contributed by atoms with Crippen molar-refractivity contribution in [2.24, 2.45) is 10.7 Å². The summed E-state index contributed by atoms with van der Waals surface area (Å²) in [6.45, 7) is 0. The Bertz CT molecular complexity index is 1460. The summed E-state index contributed by atoms with van der Waals surface area (Å²) >= 11 is 0. The number of carbonyl (C=O) groups is 1. The maximum atomic E-state index is 13.7. The summed E-state index contributed by atoms with van der Waals surface area (Å²) < 4.78 is 19.4. The van der Waals surface area contributed by atoms with E-state index in [1.165, 1.54) is 12.1 Å². The first-order valence-corrected chi connectivity index (χ1v) is 11.0. The zero-order valence-corrected chi connectivity index (χ0v) is 18.0. The second-order valence-electron chi connectivity index (χ2n) is 8.59. The number of Topliss-reactive ketones (excluding diaryl/α,β-unsaturated/α-hetero) is 1. The number of furan rings is 1. The van der Waals surface area contributed by atoms with E-state index in [2.05, 4.69) is 11.1 Å². The number of hydrogen-bond donors (Lipinski definition) is 1. The van der Waals surface area contributed by atoms with Crippen LogP contribution in [0.15, 0.2) is 99.0 Å². The predicted molar refractivity (Wildman–Crippen MR) is 124 cm³/mol. The van der Waals surface area contributed by atoms with E-state index < -0.39 is 5.92 Å². The molecule has 0 fully saturated rings. The van der Waals surface area contributed by atoms with Crippen molar-refractivity contribution in [2.45, 2.75) is 24.7 Å². The van der Waals surface area contributed by atoms with Crippen LogP contribution in [0.5, 0.6) is 0 Å². The van der Waals surface area contributed by atoms with Gasteiger partial charge in [-0.3, -0.25) is 9.69 Å². The molecule has 0 radical (unpaired) electrons. The molecule has 0 amide bonds. The summed E-state index contributed by atoms with van der Waals surface area (Å²) in [5.41, 5.74) is 10.1. The van der Waals surface area contributed by atoms with E-state index in [-0.39, 0.29) is 23.9 Å². The van der Waals surface area contributed by atoms with Gasteiger partial charge in [0.25, 0.3) is 0 Å². The van der Waals surface area contributed by atoms with Gasteiger partial charge in [-0.2, -0.15) is 5.26 Å². The number of fused-ring (bicyclic) bond motifs is 4. The predicted octanol–water partition coefficient (Wildman–Crippen LogP) is 4.88. The number of rotatable bonds is 2. The van der Waals surface area contributed by atoms with Crippen LogP contribution in [0.2, 0.25) is 0 Å². The van der Waals surface area contributed by atoms with Crippen LogP contribution in [-0.4, -0.2) is 11.6 Å². The molecule has 0 saturated heterocycles. The molecule has 166 valence electrons. The molecule has 6 rings (SSSR count). The Morgan fingerprint density at radius 3 is 2.62 bits per heavy atom. The number of ketones is 1. The molecule has 2 N–H and O–H groups in total. The lowest BCUT2D eigenvalue weighted by molar-refractivity contribution is -0.116. The fourth-order valence-corrected chi connectivity index (χ4v) is 5.23. The summed E-state index contributed by atoms with van der Waals surface area (Å²) in [5, 5.41) is 10.3. The Morgan fingerprint density at radius 1 is 1.09 bits per heavy atom. The SMILES string of the molecule is N#CC1=C2N=C(N)c3ccccc3N2C2=C(C(=O)CC(c3ccco3)C2)C1c1ccc(F)cc1. The molecule has 6 nitrogen and oxygen atoms in total. The van der Waals surface area contributed by atoms with E-state index in [0.717, 1.165) is 22.7 Å². The van der Waals surface area contributed by atoms with Crippen molar-refractivity contribution in [3.05, 3.63) is 112 Å². The van der Waals surface area contributed by atoms with Gasteiger partial charge in [0.2, 0.25) is 0 Å². The zero-order valence-electron chi connectivity index (χ0n) is 18.0. The topological polar surface area (TPSA) is 95.6 Å². The maximum Gasteiger partial charge on any atom is 0.162 e. The quantitative estimate of drug-likeness (QED) is 0.601. The molecule has 1 aromatic heterocycles. The van der Waals surface area contributed by atoms with Crippen molar-refractivity contribution in [2.75, 3.05) is 4.90 Å². The first kappa shape index (κ1) is 20.2. The highest BCUT2D eigenvalue weighted by Gasteiger charge is 2.45. The number of aliphatic imine (C=N–C) groups is 1. The van der Waals surface area contributed by atoms with Gasteiger partial charge in [0.15, 0.2) is 11.6 Å². The summed E-state index contributed by atoms with van der Waals surface area (Å²) in [4.78, 5) is 20.2. The molecule has 3 aromatic rings. The summed E-state index contributed by atoms with van der Waals surface area (Å²) in [6.07, 6.45) is 2.39. The smallest absolute Gasteiger partial charge is 0.162 e. The lowest BCUT2D eigenvalue weighted by Crippen LogP contribution is -2.40. The van der Waals surface area contributed by atoms with Crippen molar-refractivity contribution >= 4 is 17.3 Å². The molecule has 2 unspecified atom stereocenters. The molecule has 34 heavy (non-hydrogen) atoms. The minimum atomic E-state index is -0.654. The van der Waals surface area contributed by atoms with E-state index >= 15 is 0 Å². The van der Waals surface area contributed by atoms with Crippen LogP contribution in [-0.2, 0) is 4.79 Å². The van der Waals surface area contributed by atoms with Gasteiger partial charge in [0, 0.05) is 29.2 Å². The van der Waals surface area contributed by atoms with Crippen molar-refractivity contribution in [1.82, 2.24) is 0 Å². The number of hydrogen-bond acceptors (Lipinski definition) is 6. The number of carbonyl (C=O) groups excluding carboxylic acids is 1. The number of allylic oxidation sites excluding steroid dienone is 3. The average molecular weight is 450 g/mol. The number of nitriles is 1. The second kappa shape index (κ2) is 7.56. The third-order valence-corrected chi connectivity index (χ3v) is 6.70. The van der Waals surface area contributed by atoms with Crippen LogP contribution in [0.4, 0.5) is 10.1 Å². The van der Waals surface area contributed by atoms with Crippen LogP contribution in [0.1, 0.15) is 41.6 Å². The largest absolute Gasteiger partial charge is 0.469 e. The third kappa shape index (κ3) is 2.92. The van der Waals surface area contributed by atoms with E-state index in [1.54, 1.807) is 18.4 Å². The van der Waals surface area contributed by atoms with Crippen LogP contribution in [0, 0.1) is 17.1 Å². The van der Waals surface area contributed by atoms with Crippen molar-refractivity contribution in [1.29, 1.82) is 5.26 Å². The van der Waals surface area contributed by atoms with Gasteiger partial charge >= 0.3 is 0 Å². The van der Waals surface area contributed by atoms with Crippen LogP contribution < -0.4 is 10.6 Å². The molecule has 3 heterocycles. The van der Waals surface area contributed by atoms with E-state index in [0.29, 0.717) is 34.8 Å². The Morgan fingerprint density at radius 2 is 1.88 bits per heavy atom. The molecular weight excluding hydrogens is 431 g/mol. The molecule has 2 atom stereocenters. The van der Waals surface area contributed by atoms with E-state index in [9.17, 15) is 14.4 Å². The fourth-order valence-electron chi connectivity index (χ4n) is 5.23. The van der Waals surface area contributed by atoms with E-state index in [4.69, 9.17) is 10.2 Å². The highest BCUT2D eigenvalue weighted by molar-refractivity contribution is 6.08. The maximum absolute atomic E-state index is 13.7. The molecule has 0 spiro atoms.